The molecule has 2 aromatic rings. The monoisotopic (exact) mass is 384 g/mol. The summed E-state index contributed by atoms with van der Waals surface area (Å²) in [6.45, 7) is 0.537. The van der Waals surface area contributed by atoms with E-state index in [4.69, 9.17) is 0 Å². The predicted molar refractivity (Wildman–Crippen MR) is 104 cm³/mol. The van der Waals surface area contributed by atoms with Gasteiger partial charge in [-0.1, -0.05) is 61.4 Å². The molecule has 1 fully saturated rings. The summed E-state index contributed by atoms with van der Waals surface area (Å²) in [6, 6.07) is 16.4. The number of sulfonamides is 1. The summed E-state index contributed by atoms with van der Waals surface area (Å²) in [5, 5.41) is 3.04. The zero-order valence-electron chi connectivity index (χ0n) is 15.1. The second-order valence-electron chi connectivity index (χ2n) is 7.56. The van der Waals surface area contributed by atoms with E-state index in [-0.39, 0.29) is 16.2 Å². The maximum Gasteiger partial charge on any atom is 0.241 e. The van der Waals surface area contributed by atoms with Crippen molar-refractivity contribution in [1.29, 1.82) is 0 Å². The fraction of sp³-hybridized carbons (Fsp3) is 0.381. The predicted octanol–water partition coefficient (Wildman–Crippen LogP) is 2.52. The van der Waals surface area contributed by atoms with Crippen LogP contribution in [0.2, 0.25) is 0 Å². The fourth-order valence-corrected chi connectivity index (χ4v) is 5.83. The van der Waals surface area contributed by atoms with E-state index >= 15 is 0 Å². The second kappa shape index (κ2) is 7.09. The molecule has 27 heavy (non-hydrogen) atoms. The second-order valence-corrected chi connectivity index (χ2v) is 9.24. The molecule has 1 atom stereocenters. The van der Waals surface area contributed by atoms with Gasteiger partial charge in [-0.2, -0.15) is 4.72 Å². The van der Waals surface area contributed by atoms with Crippen LogP contribution in [-0.2, 0) is 26.7 Å². The zero-order chi connectivity index (χ0) is 18.9. The number of hydrogen-bond acceptors (Lipinski definition) is 3. The van der Waals surface area contributed by atoms with Gasteiger partial charge in [-0.05, 0) is 36.5 Å². The lowest BCUT2D eigenvalue weighted by atomic mass is 9.79. The molecular formula is C21H24N2O3S. The Kier molecular flexibility index (Phi) is 4.78. The summed E-state index contributed by atoms with van der Waals surface area (Å²) in [6.07, 6.45) is 4.75. The van der Waals surface area contributed by atoms with Gasteiger partial charge in [0.25, 0.3) is 0 Å². The van der Waals surface area contributed by atoms with E-state index in [1.165, 1.54) is 5.56 Å². The van der Waals surface area contributed by atoms with Gasteiger partial charge in [0.1, 0.15) is 6.04 Å². The summed E-state index contributed by atoms with van der Waals surface area (Å²) in [5.74, 6) is -0.254. The maximum atomic E-state index is 12.8. The van der Waals surface area contributed by atoms with Crippen LogP contribution in [0.3, 0.4) is 0 Å². The van der Waals surface area contributed by atoms with Gasteiger partial charge in [0.2, 0.25) is 15.9 Å². The zero-order valence-corrected chi connectivity index (χ0v) is 16.0. The van der Waals surface area contributed by atoms with E-state index in [2.05, 4.69) is 22.2 Å². The van der Waals surface area contributed by atoms with Crippen LogP contribution >= 0.6 is 0 Å². The third-order valence-electron chi connectivity index (χ3n) is 5.85. The molecule has 2 N–H and O–H groups in total. The molecule has 0 bridgehead atoms. The molecule has 142 valence electrons. The largest absolute Gasteiger partial charge is 0.354 e. The van der Waals surface area contributed by atoms with Gasteiger partial charge in [-0.3, -0.25) is 4.79 Å². The molecule has 1 saturated carbocycles. The summed E-state index contributed by atoms with van der Waals surface area (Å²) in [7, 11) is -3.65. The summed E-state index contributed by atoms with van der Waals surface area (Å²) >= 11 is 0. The van der Waals surface area contributed by atoms with Gasteiger partial charge < -0.3 is 5.32 Å². The number of nitrogens with one attached hydrogen (secondary N) is 2. The average Bonchev–Trinajstić information content (AvgIpc) is 3.16. The van der Waals surface area contributed by atoms with Crippen LogP contribution in [0.4, 0.5) is 0 Å². The average molecular weight is 385 g/mol. The third kappa shape index (κ3) is 3.51. The molecule has 1 aliphatic heterocycles. The number of hydrogen-bond donors (Lipinski definition) is 2. The number of benzene rings is 2. The Hall–Kier alpha value is -2.18. The lowest BCUT2D eigenvalue weighted by Gasteiger charge is -2.31. The normalized spacial score (nSPS) is 22.7. The van der Waals surface area contributed by atoms with Crippen molar-refractivity contribution in [2.24, 2.45) is 0 Å². The van der Waals surface area contributed by atoms with Crippen LogP contribution in [0.5, 0.6) is 0 Å². The lowest BCUT2D eigenvalue weighted by Crippen LogP contribution is -2.52. The van der Waals surface area contributed by atoms with Gasteiger partial charge in [-0.15, -0.1) is 0 Å². The number of carbonyl (C=O) groups excluding carboxylic acids is 1. The standard InChI is InChI=1S/C21H24N2O3S/c24-20(18-14-16-8-4-5-11-19(16)27(25,26)23-18)22-15-21(12-6-7-13-21)17-9-2-1-3-10-17/h1-5,8-11,18,23H,6-7,12-15H2,(H,22,24). The highest BCUT2D eigenvalue weighted by Gasteiger charge is 2.38. The first-order valence-electron chi connectivity index (χ1n) is 9.44. The Morgan fingerprint density at radius 3 is 2.44 bits per heavy atom. The Bertz CT molecular complexity index is 935. The van der Waals surface area contributed by atoms with Crippen molar-refractivity contribution in [3.05, 3.63) is 65.7 Å². The molecule has 1 amide bonds. The molecule has 4 rings (SSSR count). The van der Waals surface area contributed by atoms with Crippen molar-refractivity contribution < 1.29 is 13.2 Å². The van der Waals surface area contributed by atoms with Gasteiger partial charge in [-0.25, -0.2) is 8.42 Å². The summed E-state index contributed by atoms with van der Waals surface area (Å²) in [4.78, 5) is 13.1. The van der Waals surface area contributed by atoms with E-state index in [1.54, 1.807) is 24.3 Å². The quantitative estimate of drug-likeness (QED) is 0.851. The highest BCUT2D eigenvalue weighted by atomic mass is 32.2. The molecule has 2 aromatic carbocycles. The van der Waals surface area contributed by atoms with Crippen LogP contribution < -0.4 is 10.0 Å². The molecule has 5 nitrogen and oxygen atoms in total. The van der Waals surface area contributed by atoms with Crippen molar-refractivity contribution in [1.82, 2.24) is 10.0 Å². The van der Waals surface area contributed by atoms with Crippen molar-refractivity contribution >= 4 is 15.9 Å². The number of carbonyl (C=O) groups is 1. The first kappa shape index (κ1) is 18.2. The molecule has 0 aromatic heterocycles. The minimum absolute atomic E-state index is 0.0532. The van der Waals surface area contributed by atoms with Gasteiger partial charge >= 0.3 is 0 Å². The summed E-state index contributed by atoms with van der Waals surface area (Å²) in [5.41, 5.74) is 1.88. The van der Waals surface area contributed by atoms with Crippen LogP contribution in [0.15, 0.2) is 59.5 Å². The van der Waals surface area contributed by atoms with E-state index in [9.17, 15) is 13.2 Å². The van der Waals surface area contributed by atoms with E-state index in [0.717, 1.165) is 25.7 Å². The molecule has 6 heteroatoms. The summed E-state index contributed by atoms with van der Waals surface area (Å²) < 4.78 is 27.4. The van der Waals surface area contributed by atoms with Crippen LogP contribution in [0.1, 0.15) is 36.8 Å². The van der Waals surface area contributed by atoms with Gasteiger partial charge in [0.15, 0.2) is 0 Å². The van der Waals surface area contributed by atoms with Crippen LogP contribution in [-0.4, -0.2) is 26.9 Å². The molecular weight excluding hydrogens is 360 g/mol. The molecule has 0 radical (unpaired) electrons. The van der Waals surface area contributed by atoms with Gasteiger partial charge in [0, 0.05) is 12.0 Å². The first-order valence-corrected chi connectivity index (χ1v) is 10.9. The SMILES string of the molecule is O=C(NCC1(c2ccccc2)CCCC1)C1Cc2ccccc2S(=O)(=O)N1. The number of amides is 1. The molecule has 0 saturated heterocycles. The smallest absolute Gasteiger partial charge is 0.241 e. The van der Waals surface area contributed by atoms with E-state index in [0.29, 0.717) is 18.5 Å². The molecule has 1 heterocycles. The minimum atomic E-state index is -3.65. The van der Waals surface area contributed by atoms with Crippen LogP contribution in [0, 0.1) is 0 Å². The highest BCUT2D eigenvalue weighted by Crippen LogP contribution is 2.40. The maximum absolute atomic E-state index is 12.8. The van der Waals surface area contributed by atoms with Crippen molar-refractivity contribution in [3.8, 4) is 0 Å². The topological polar surface area (TPSA) is 75.3 Å². The lowest BCUT2D eigenvalue weighted by molar-refractivity contribution is -0.123. The Balaban J connectivity index is 1.50. The van der Waals surface area contributed by atoms with Crippen LogP contribution in [0.25, 0.3) is 0 Å². The van der Waals surface area contributed by atoms with Crippen molar-refractivity contribution in [2.75, 3.05) is 6.54 Å². The fourth-order valence-electron chi connectivity index (χ4n) is 4.38. The Morgan fingerprint density at radius 1 is 1.04 bits per heavy atom. The molecule has 2 aliphatic rings. The minimum Gasteiger partial charge on any atom is -0.354 e. The van der Waals surface area contributed by atoms with E-state index in [1.807, 2.05) is 18.2 Å². The van der Waals surface area contributed by atoms with Gasteiger partial charge in [0.05, 0.1) is 4.90 Å². The number of fused-ring (bicyclic) bond motifs is 1. The van der Waals surface area contributed by atoms with Crippen molar-refractivity contribution in [2.45, 2.75) is 48.5 Å². The number of rotatable bonds is 4. The third-order valence-corrected chi connectivity index (χ3v) is 7.42. The molecule has 1 aliphatic carbocycles. The Labute approximate surface area is 160 Å². The highest BCUT2D eigenvalue weighted by molar-refractivity contribution is 7.89. The molecule has 1 unspecified atom stereocenters. The van der Waals surface area contributed by atoms with Crippen molar-refractivity contribution in [3.63, 3.8) is 0 Å². The first-order chi connectivity index (χ1) is 13.0. The molecule has 0 spiro atoms. The van der Waals surface area contributed by atoms with E-state index < -0.39 is 16.1 Å². The Morgan fingerprint density at radius 2 is 1.70 bits per heavy atom.